The Kier molecular flexibility index (Phi) is 5.19. The fourth-order valence-corrected chi connectivity index (χ4v) is 2.93. The van der Waals surface area contributed by atoms with Crippen LogP contribution in [-0.4, -0.2) is 54.3 Å². The van der Waals surface area contributed by atoms with E-state index in [1.807, 2.05) is 32.0 Å². The quantitative estimate of drug-likeness (QED) is 0.927. The third kappa shape index (κ3) is 4.28. The summed E-state index contributed by atoms with van der Waals surface area (Å²) in [5.41, 5.74) is 3.02. The Bertz CT molecular complexity index is 747. The maximum absolute atomic E-state index is 12.3. The van der Waals surface area contributed by atoms with E-state index >= 15 is 0 Å². The van der Waals surface area contributed by atoms with Crippen LogP contribution in [0.25, 0.3) is 0 Å². The number of rotatable bonds is 4. The van der Waals surface area contributed by atoms with Gasteiger partial charge in [0.2, 0.25) is 5.91 Å². The predicted octanol–water partition coefficient (Wildman–Crippen LogP) is 2.29. The Hall–Kier alpha value is -2.60. The number of hydrogen-bond acceptors (Lipinski definition) is 4. The lowest BCUT2D eigenvalue weighted by atomic mass is 10.1. The minimum absolute atomic E-state index is 0.0282. The highest BCUT2D eigenvalue weighted by Crippen LogP contribution is 2.16. The van der Waals surface area contributed by atoms with Crippen LogP contribution in [0.1, 0.15) is 21.7 Å². The molecule has 25 heavy (non-hydrogen) atoms. The molecule has 1 aromatic carbocycles. The van der Waals surface area contributed by atoms with Gasteiger partial charge in [-0.2, -0.15) is 0 Å². The van der Waals surface area contributed by atoms with Gasteiger partial charge >= 0.3 is 0 Å². The van der Waals surface area contributed by atoms with E-state index in [2.05, 4.69) is 10.2 Å². The standard InChI is InChI=1S/C19H23N3O3/c1-14-5-6-15(2)16(12-14)20-18(23)13-21-7-9-22(10-8-21)19(24)17-4-3-11-25-17/h3-6,11-12H,7-10,13H2,1-2H3,(H,20,23). The first kappa shape index (κ1) is 17.2. The van der Waals surface area contributed by atoms with Crippen molar-refractivity contribution in [2.45, 2.75) is 13.8 Å². The molecule has 0 spiro atoms. The normalized spacial score (nSPS) is 15.2. The summed E-state index contributed by atoms with van der Waals surface area (Å²) in [6, 6.07) is 9.39. The van der Waals surface area contributed by atoms with Crippen LogP contribution in [0.2, 0.25) is 0 Å². The van der Waals surface area contributed by atoms with E-state index in [-0.39, 0.29) is 11.8 Å². The molecular weight excluding hydrogens is 318 g/mol. The maximum Gasteiger partial charge on any atom is 0.289 e. The number of carbonyl (C=O) groups excluding carboxylic acids is 2. The van der Waals surface area contributed by atoms with Crippen LogP contribution in [0.5, 0.6) is 0 Å². The van der Waals surface area contributed by atoms with Crippen LogP contribution in [0.4, 0.5) is 5.69 Å². The SMILES string of the molecule is Cc1ccc(C)c(NC(=O)CN2CCN(C(=O)c3ccco3)CC2)c1. The Morgan fingerprint density at radius 1 is 1.12 bits per heavy atom. The number of nitrogens with one attached hydrogen (secondary N) is 1. The molecule has 1 aromatic heterocycles. The van der Waals surface area contributed by atoms with Crippen molar-refractivity contribution in [2.24, 2.45) is 0 Å². The third-order valence-electron chi connectivity index (χ3n) is 4.43. The molecule has 0 saturated carbocycles. The van der Waals surface area contributed by atoms with Crippen molar-refractivity contribution in [2.75, 3.05) is 38.0 Å². The first-order valence-corrected chi connectivity index (χ1v) is 8.45. The van der Waals surface area contributed by atoms with Crippen molar-refractivity contribution in [1.82, 2.24) is 9.80 Å². The molecular formula is C19H23N3O3. The molecule has 6 heteroatoms. The molecule has 1 fully saturated rings. The molecule has 0 atom stereocenters. The first-order valence-electron chi connectivity index (χ1n) is 8.45. The van der Waals surface area contributed by atoms with Crippen LogP contribution in [-0.2, 0) is 4.79 Å². The van der Waals surface area contributed by atoms with Gasteiger partial charge in [-0.3, -0.25) is 14.5 Å². The molecule has 6 nitrogen and oxygen atoms in total. The number of hydrogen-bond donors (Lipinski definition) is 1. The highest BCUT2D eigenvalue weighted by atomic mass is 16.3. The van der Waals surface area contributed by atoms with E-state index < -0.39 is 0 Å². The molecule has 3 rings (SSSR count). The summed E-state index contributed by atoms with van der Waals surface area (Å²) in [6.07, 6.45) is 1.50. The van der Waals surface area contributed by atoms with Crippen molar-refractivity contribution < 1.29 is 14.0 Å². The van der Waals surface area contributed by atoms with E-state index in [9.17, 15) is 9.59 Å². The summed E-state index contributed by atoms with van der Waals surface area (Å²) >= 11 is 0. The van der Waals surface area contributed by atoms with E-state index in [1.165, 1.54) is 6.26 Å². The van der Waals surface area contributed by atoms with E-state index in [0.717, 1.165) is 16.8 Å². The van der Waals surface area contributed by atoms with Gasteiger partial charge in [-0.25, -0.2) is 0 Å². The zero-order valence-corrected chi connectivity index (χ0v) is 14.6. The second kappa shape index (κ2) is 7.53. The molecule has 0 aliphatic carbocycles. The molecule has 2 amide bonds. The summed E-state index contributed by atoms with van der Waals surface area (Å²) in [6.45, 7) is 6.85. The van der Waals surface area contributed by atoms with E-state index in [4.69, 9.17) is 4.42 Å². The minimum Gasteiger partial charge on any atom is -0.459 e. The molecule has 2 heterocycles. The second-order valence-electron chi connectivity index (χ2n) is 6.41. The molecule has 1 aliphatic heterocycles. The molecule has 2 aromatic rings. The van der Waals surface area contributed by atoms with Gasteiger partial charge in [-0.05, 0) is 43.2 Å². The van der Waals surface area contributed by atoms with Gasteiger partial charge in [-0.1, -0.05) is 12.1 Å². The van der Waals surface area contributed by atoms with Gasteiger partial charge in [0.05, 0.1) is 12.8 Å². The number of piperazine rings is 1. The smallest absolute Gasteiger partial charge is 0.289 e. The molecule has 1 saturated heterocycles. The van der Waals surface area contributed by atoms with Crippen molar-refractivity contribution in [3.05, 3.63) is 53.5 Å². The lowest BCUT2D eigenvalue weighted by molar-refractivity contribution is -0.117. The van der Waals surface area contributed by atoms with Gasteiger partial charge in [-0.15, -0.1) is 0 Å². The summed E-state index contributed by atoms with van der Waals surface area (Å²) in [5.74, 6) is 0.241. The Labute approximate surface area is 147 Å². The highest BCUT2D eigenvalue weighted by molar-refractivity contribution is 5.93. The fraction of sp³-hybridized carbons (Fsp3) is 0.368. The van der Waals surface area contributed by atoms with Crippen LogP contribution in [0.15, 0.2) is 41.0 Å². The van der Waals surface area contributed by atoms with Crippen LogP contribution < -0.4 is 5.32 Å². The summed E-state index contributed by atoms with van der Waals surface area (Å²) in [7, 11) is 0. The van der Waals surface area contributed by atoms with Crippen molar-refractivity contribution in [1.29, 1.82) is 0 Å². The molecule has 0 radical (unpaired) electrons. The van der Waals surface area contributed by atoms with Crippen molar-refractivity contribution in [3.63, 3.8) is 0 Å². The lowest BCUT2D eigenvalue weighted by Gasteiger charge is -2.33. The van der Waals surface area contributed by atoms with Crippen LogP contribution >= 0.6 is 0 Å². The molecule has 1 N–H and O–H groups in total. The minimum atomic E-state index is -0.0931. The summed E-state index contributed by atoms with van der Waals surface area (Å²) in [4.78, 5) is 28.4. The van der Waals surface area contributed by atoms with E-state index in [0.29, 0.717) is 38.5 Å². The van der Waals surface area contributed by atoms with E-state index in [1.54, 1.807) is 17.0 Å². The number of amides is 2. The fourth-order valence-electron chi connectivity index (χ4n) is 2.93. The molecule has 1 aliphatic rings. The van der Waals surface area contributed by atoms with Gasteiger partial charge in [0.15, 0.2) is 5.76 Å². The zero-order valence-electron chi connectivity index (χ0n) is 14.6. The maximum atomic E-state index is 12.3. The number of carbonyl (C=O) groups is 2. The number of anilines is 1. The third-order valence-corrected chi connectivity index (χ3v) is 4.43. The average Bonchev–Trinajstić information content (AvgIpc) is 3.13. The van der Waals surface area contributed by atoms with Crippen molar-refractivity contribution >= 4 is 17.5 Å². The van der Waals surface area contributed by atoms with Crippen molar-refractivity contribution in [3.8, 4) is 0 Å². The molecule has 132 valence electrons. The summed E-state index contributed by atoms with van der Waals surface area (Å²) < 4.78 is 5.16. The van der Waals surface area contributed by atoms with Gasteiger partial charge in [0.25, 0.3) is 5.91 Å². The second-order valence-corrected chi connectivity index (χ2v) is 6.41. The molecule has 0 bridgehead atoms. The largest absolute Gasteiger partial charge is 0.459 e. The Morgan fingerprint density at radius 3 is 2.56 bits per heavy atom. The topological polar surface area (TPSA) is 65.8 Å². The van der Waals surface area contributed by atoms with Gasteiger partial charge in [0.1, 0.15) is 0 Å². The van der Waals surface area contributed by atoms with Gasteiger partial charge in [0, 0.05) is 31.9 Å². The first-order chi connectivity index (χ1) is 12.0. The molecule has 0 unspecified atom stereocenters. The highest BCUT2D eigenvalue weighted by Gasteiger charge is 2.24. The number of benzene rings is 1. The monoisotopic (exact) mass is 341 g/mol. The van der Waals surface area contributed by atoms with Gasteiger partial charge < -0.3 is 14.6 Å². The summed E-state index contributed by atoms with van der Waals surface area (Å²) in [5, 5.41) is 2.98. The number of nitrogens with zero attached hydrogens (tertiary/aromatic N) is 2. The Morgan fingerprint density at radius 2 is 1.88 bits per heavy atom. The van der Waals surface area contributed by atoms with Crippen LogP contribution in [0, 0.1) is 13.8 Å². The lowest BCUT2D eigenvalue weighted by Crippen LogP contribution is -2.50. The predicted molar refractivity (Wildman–Crippen MR) is 95.6 cm³/mol. The zero-order chi connectivity index (χ0) is 17.8. The average molecular weight is 341 g/mol. The number of furan rings is 1. The van der Waals surface area contributed by atoms with Crippen LogP contribution in [0.3, 0.4) is 0 Å². The Balaban J connectivity index is 1.49. The number of aryl methyl sites for hydroxylation is 2.